The average Bonchev–Trinajstić information content (AvgIpc) is 3.03. The van der Waals surface area contributed by atoms with Crippen molar-refractivity contribution in [1.29, 1.82) is 0 Å². The van der Waals surface area contributed by atoms with Gasteiger partial charge < -0.3 is 4.74 Å². The smallest absolute Gasteiger partial charge is 0.0480 e. The fourth-order valence-corrected chi connectivity index (χ4v) is 4.34. The van der Waals surface area contributed by atoms with Crippen molar-refractivity contribution in [3.63, 3.8) is 0 Å². The monoisotopic (exact) mass is 357 g/mol. The molecule has 0 N–H and O–H groups in total. The maximum absolute atomic E-state index is 5.49. The van der Waals surface area contributed by atoms with Crippen LogP contribution in [0.15, 0.2) is 28.7 Å². The summed E-state index contributed by atoms with van der Waals surface area (Å²) in [7, 11) is 0. The Balaban J connectivity index is 0.00000121. The standard InChI is InChI=1S/C16H20BrNO.ClH/c17-14-3-1-12(2-4-14)16-9-13(16)10-18(11-16)15-5-7-19-8-6-15;/h1-4,13,15H,5-11H2;1H. The summed E-state index contributed by atoms with van der Waals surface area (Å²) in [5.41, 5.74) is 2.04. The molecular weight excluding hydrogens is 338 g/mol. The fraction of sp³-hybridized carbons (Fsp3) is 0.625. The van der Waals surface area contributed by atoms with Crippen LogP contribution in [0.4, 0.5) is 0 Å². The van der Waals surface area contributed by atoms with Gasteiger partial charge in [-0.1, -0.05) is 28.1 Å². The molecule has 4 heteroatoms. The lowest BCUT2D eigenvalue weighted by atomic mass is 9.95. The van der Waals surface area contributed by atoms with Crippen molar-refractivity contribution in [3.8, 4) is 0 Å². The summed E-state index contributed by atoms with van der Waals surface area (Å²) in [6.07, 6.45) is 3.85. The second-order valence-corrected chi connectivity index (χ2v) is 7.25. The molecule has 2 heterocycles. The van der Waals surface area contributed by atoms with Gasteiger partial charge >= 0.3 is 0 Å². The first kappa shape index (κ1) is 14.8. The third kappa shape index (κ3) is 2.43. The van der Waals surface area contributed by atoms with E-state index in [0.29, 0.717) is 5.41 Å². The predicted octanol–water partition coefficient (Wildman–Crippen LogP) is 3.62. The van der Waals surface area contributed by atoms with Crippen LogP contribution in [0.25, 0.3) is 0 Å². The molecule has 3 fully saturated rings. The van der Waals surface area contributed by atoms with Crippen molar-refractivity contribution in [2.45, 2.75) is 30.7 Å². The molecule has 0 amide bonds. The van der Waals surface area contributed by atoms with E-state index in [-0.39, 0.29) is 12.4 Å². The fourth-order valence-electron chi connectivity index (χ4n) is 4.08. The zero-order valence-electron chi connectivity index (χ0n) is 11.6. The molecule has 1 aromatic carbocycles. The summed E-state index contributed by atoms with van der Waals surface area (Å²) in [5, 5.41) is 0. The first-order valence-corrected chi connectivity index (χ1v) is 8.15. The lowest BCUT2D eigenvalue weighted by Crippen LogP contribution is -2.40. The van der Waals surface area contributed by atoms with E-state index in [2.05, 4.69) is 45.1 Å². The van der Waals surface area contributed by atoms with E-state index >= 15 is 0 Å². The Morgan fingerprint density at radius 3 is 2.55 bits per heavy atom. The van der Waals surface area contributed by atoms with Gasteiger partial charge in [-0.15, -0.1) is 12.4 Å². The van der Waals surface area contributed by atoms with Gasteiger partial charge in [0.05, 0.1) is 0 Å². The minimum atomic E-state index is 0. The van der Waals surface area contributed by atoms with Gasteiger partial charge in [0, 0.05) is 42.2 Å². The van der Waals surface area contributed by atoms with Crippen LogP contribution in [0.2, 0.25) is 0 Å². The number of rotatable bonds is 2. The number of fused-ring (bicyclic) bond motifs is 1. The summed E-state index contributed by atoms with van der Waals surface area (Å²) in [6, 6.07) is 9.79. The Kier molecular flexibility index (Phi) is 4.15. The zero-order chi connectivity index (χ0) is 12.9. The molecule has 1 saturated carbocycles. The van der Waals surface area contributed by atoms with Gasteiger partial charge in [-0.3, -0.25) is 4.90 Å². The Morgan fingerprint density at radius 2 is 1.85 bits per heavy atom. The van der Waals surface area contributed by atoms with E-state index in [1.165, 1.54) is 36.8 Å². The van der Waals surface area contributed by atoms with Crippen molar-refractivity contribution >= 4 is 28.3 Å². The summed E-state index contributed by atoms with van der Waals surface area (Å²) in [6.45, 7) is 4.49. The van der Waals surface area contributed by atoms with Gasteiger partial charge in [0.25, 0.3) is 0 Å². The molecule has 3 aliphatic rings. The quantitative estimate of drug-likeness (QED) is 0.800. The molecule has 2 nitrogen and oxygen atoms in total. The van der Waals surface area contributed by atoms with Crippen molar-refractivity contribution < 1.29 is 4.74 Å². The normalized spacial score (nSPS) is 33.5. The second-order valence-electron chi connectivity index (χ2n) is 6.34. The molecule has 0 spiro atoms. The molecule has 4 rings (SSSR count). The number of piperidine rings is 1. The number of nitrogens with zero attached hydrogens (tertiary/aromatic N) is 1. The Labute approximate surface area is 135 Å². The highest BCUT2D eigenvalue weighted by Crippen LogP contribution is 2.59. The highest BCUT2D eigenvalue weighted by atomic mass is 79.9. The third-order valence-electron chi connectivity index (χ3n) is 5.30. The molecule has 2 unspecified atom stereocenters. The van der Waals surface area contributed by atoms with Gasteiger partial charge in [0.1, 0.15) is 0 Å². The molecule has 2 aliphatic heterocycles. The predicted molar refractivity (Wildman–Crippen MR) is 86.6 cm³/mol. The number of halogens is 2. The van der Waals surface area contributed by atoms with Crippen LogP contribution in [0.3, 0.4) is 0 Å². The number of ether oxygens (including phenoxy) is 1. The van der Waals surface area contributed by atoms with Crippen molar-refractivity contribution in [3.05, 3.63) is 34.3 Å². The first-order chi connectivity index (χ1) is 9.28. The Morgan fingerprint density at radius 1 is 1.15 bits per heavy atom. The molecule has 110 valence electrons. The van der Waals surface area contributed by atoms with Crippen LogP contribution in [-0.4, -0.2) is 37.2 Å². The second kappa shape index (κ2) is 5.60. The van der Waals surface area contributed by atoms with Gasteiger partial charge in [0.15, 0.2) is 0 Å². The number of likely N-dealkylation sites (tertiary alicyclic amines) is 1. The van der Waals surface area contributed by atoms with Crippen LogP contribution in [-0.2, 0) is 10.2 Å². The van der Waals surface area contributed by atoms with Crippen LogP contribution in [0, 0.1) is 5.92 Å². The number of hydrogen-bond acceptors (Lipinski definition) is 2. The maximum atomic E-state index is 5.49. The largest absolute Gasteiger partial charge is 0.381 e. The zero-order valence-corrected chi connectivity index (χ0v) is 14.0. The van der Waals surface area contributed by atoms with E-state index in [1.54, 1.807) is 5.56 Å². The van der Waals surface area contributed by atoms with E-state index in [9.17, 15) is 0 Å². The molecule has 1 aliphatic carbocycles. The first-order valence-electron chi connectivity index (χ1n) is 7.36. The SMILES string of the molecule is Brc1ccc(C23CC2CN(C2CCOCC2)C3)cc1.Cl. The molecule has 2 atom stereocenters. The highest BCUT2D eigenvalue weighted by molar-refractivity contribution is 9.10. The molecule has 2 saturated heterocycles. The van der Waals surface area contributed by atoms with Crippen LogP contribution in [0.5, 0.6) is 0 Å². The number of hydrogen-bond donors (Lipinski definition) is 0. The van der Waals surface area contributed by atoms with Crippen molar-refractivity contribution in [2.24, 2.45) is 5.92 Å². The summed E-state index contributed by atoms with van der Waals surface area (Å²) in [4.78, 5) is 2.73. The Hall–Kier alpha value is -0.0900. The highest BCUT2D eigenvalue weighted by Gasteiger charge is 2.61. The van der Waals surface area contributed by atoms with Gasteiger partial charge in [0.2, 0.25) is 0 Å². The van der Waals surface area contributed by atoms with E-state index in [4.69, 9.17) is 4.74 Å². The minimum Gasteiger partial charge on any atom is -0.381 e. The van der Waals surface area contributed by atoms with Crippen molar-refractivity contribution in [1.82, 2.24) is 4.90 Å². The summed E-state index contributed by atoms with van der Waals surface area (Å²) in [5.74, 6) is 0.900. The lowest BCUT2D eigenvalue weighted by molar-refractivity contribution is 0.0378. The van der Waals surface area contributed by atoms with Gasteiger partial charge in [-0.05, 0) is 42.9 Å². The molecule has 0 aromatic heterocycles. The molecule has 20 heavy (non-hydrogen) atoms. The minimum absolute atomic E-state index is 0. The molecular formula is C16H21BrClNO. The lowest BCUT2D eigenvalue weighted by Gasteiger charge is -2.33. The van der Waals surface area contributed by atoms with E-state index in [1.807, 2.05) is 0 Å². The van der Waals surface area contributed by atoms with Crippen LogP contribution < -0.4 is 0 Å². The van der Waals surface area contributed by atoms with Crippen LogP contribution in [0.1, 0.15) is 24.8 Å². The molecule has 1 aromatic rings. The summed E-state index contributed by atoms with van der Waals surface area (Å²) >= 11 is 3.54. The molecule has 0 radical (unpaired) electrons. The average molecular weight is 359 g/mol. The van der Waals surface area contributed by atoms with Gasteiger partial charge in [-0.2, -0.15) is 0 Å². The topological polar surface area (TPSA) is 12.5 Å². The number of benzene rings is 1. The summed E-state index contributed by atoms with van der Waals surface area (Å²) < 4.78 is 6.67. The maximum Gasteiger partial charge on any atom is 0.0480 e. The van der Waals surface area contributed by atoms with E-state index < -0.39 is 0 Å². The Bertz CT molecular complexity index is 474. The van der Waals surface area contributed by atoms with Crippen molar-refractivity contribution in [2.75, 3.05) is 26.3 Å². The third-order valence-corrected chi connectivity index (χ3v) is 5.83. The van der Waals surface area contributed by atoms with E-state index in [0.717, 1.165) is 25.2 Å². The van der Waals surface area contributed by atoms with Crippen LogP contribution >= 0.6 is 28.3 Å². The van der Waals surface area contributed by atoms with Gasteiger partial charge in [-0.25, -0.2) is 0 Å². The molecule has 0 bridgehead atoms.